The van der Waals surface area contributed by atoms with Gasteiger partial charge in [-0.15, -0.1) is 0 Å². The van der Waals surface area contributed by atoms with Crippen LogP contribution in [-0.2, 0) is 12.8 Å². The van der Waals surface area contributed by atoms with Crippen LogP contribution in [0.25, 0.3) is 0 Å². The van der Waals surface area contributed by atoms with Gasteiger partial charge >= 0.3 is 0 Å². The molecule has 134 valence electrons. The zero-order valence-corrected chi connectivity index (χ0v) is 15.4. The van der Waals surface area contributed by atoms with Crippen molar-refractivity contribution < 1.29 is 4.74 Å². The number of benzene rings is 3. The summed E-state index contributed by atoms with van der Waals surface area (Å²) in [4.78, 5) is 0. The van der Waals surface area contributed by atoms with Crippen LogP contribution in [-0.4, -0.2) is 13.2 Å². The van der Waals surface area contributed by atoms with E-state index < -0.39 is 0 Å². The summed E-state index contributed by atoms with van der Waals surface area (Å²) in [5.41, 5.74) is 5.22. The number of hydrogen-bond donors (Lipinski definition) is 1. The Morgan fingerprint density at radius 1 is 0.808 bits per heavy atom. The molecule has 0 heterocycles. The largest absolute Gasteiger partial charge is 0.494 e. The predicted octanol–water partition coefficient (Wildman–Crippen LogP) is 5.66. The summed E-state index contributed by atoms with van der Waals surface area (Å²) in [6.07, 6.45) is 3.10. The predicted molar refractivity (Wildman–Crippen MR) is 110 cm³/mol. The van der Waals surface area contributed by atoms with Crippen LogP contribution in [0.15, 0.2) is 78.9 Å². The number of rotatable bonds is 9. The van der Waals surface area contributed by atoms with Gasteiger partial charge in [0.15, 0.2) is 0 Å². The van der Waals surface area contributed by atoms with Crippen LogP contribution < -0.4 is 10.1 Å². The number of hydrogen-bond acceptors (Lipinski definition) is 2. The molecule has 0 saturated carbocycles. The summed E-state index contributed by atoms with van der Waals surface area (Å²) in [6.45, 7) is 3.82. The maximum absolute atomic E-state index is 5.91. The highest BCUT2D eigenvalue weighted by molar-refractivity contribution is 5.48. The fraction of sp³-hybridized carbons (Fsp3) is 0.250. The lowest BCUT2D eigenvalue weighted by Crippen LogP contribution is -2.06. The fourth-order valence-electron chi connectivity index (χ4n) is 3.04. The highest BCUT2D eigenvalue weighted by Gasteiger charge is 2.00. The molecule has 26 heavy (non-hydrogen) atoms. The lowest BCUT2D eigenvalue weighted by atomic mass is 10.1. The molecule has 1 N–H and O–H groups in total. The number of anilines is 1. The summed E-state index contributed by atoms with van der Waals surface area (Å²) in [7, 11) is 0. The van der Waals surface area contributed by atoms with E-state index in [-0.39, 0.29) is 0 Å². The van der Waals surface area contributed by atoms with Crippen LogP contribution in [0.4, 0.5) is 5.69 Å². The fourth-order valence-corrected chi connectivity index (χ4v) is 3.04. The zero-order chi connectivity index (χ0) is 18.0. The SMILES string of the molecule is Cc1ccccc1CCNc1cccc(OCCCc2ccccc2)c1. The van der Waals surface area contributed by atoms with Gasteiger partial charge in [0.2, 0.25) is 0 Å². The first-order valence-corrected chi connectivity index (χ1v) is 9.36. The van der Waals surface area contributed by atoms with E-state index in [0.29, 0.717) is 0 Å². The summed E-state index contributed by atoms with van der Waals surface area (Å²) in [6, 6.07) is 27.4. The van der Waals surface area contributed by atoms with Crippen LogP contribution in [0, 0.1) is 6.92 Å². The Morgan fingerprint density at radius 2 is 1.62 bits per heavy atom. The van der Waals surface area contributed by atoms with Gasteiger partial charge in [0.1, 0.15) is 5.75 Å². The second kappa shape index (κ2) is 9.67. The van der Waals surface area contributed by atoms with Crippen molar-refractivity contribution >= 4 is 5.69 Å². The van der Waals surface area contributed by atoms with E-state index in [9.17, 15) is 0 Å². The Balaban J connectivity index is 1.42. The average molecular weight is 345 g/mol. The lowest BCUT2D eigenvalue weighted by Gasteiger charge is -2.11. The van der Waals surface area contributed by atoms with Crippen molar-refractivity contribution in [2.75, 3.05) is 18.5 Å². The normalized spacial score (nSPS) is 10.5. The highest BCUT2D eigenvalue weighted by Crippen LogP contribution is 2.18. The van der Waals surface area contributed by atoms with Gasteiger partial charge in [-0.25, -0.2) is 0 Å². The molecule has 0 aromatic heterocycles. The van der Waals surface area contributed by atoms with Gasteiger partial charge in [-0.1, -0.05) is 60.7 Å². The molecule has 0 bridgehead atoms. The van der Waals surface area contributed by atoms with Gasteiger partial charge in [-0.05, 0) is 55.0 Å². The Morgan fingerprint density at radius 3 is 2.46 bits per heavy atom. The van der Waals surface area contributed by atoms with Gasteiger partial charge in [-0.2, -0.15) is 0 Å². The lowest BCUT2D eigenvalue weighted by molar-refractivity contribution is 0.311. The first kappa shape index (κ1) is 18.1. The summed E-state index contributed by atoms with van der Waals surface area (Å²) >= 11 is 0. The molecule has 0 aliphatic rings. The molecule has 3 aromatic carbocycles. The summed E-state index contributed by atoms with van der Waals surface area (Å²) in [5.74, 6) is 0.930. The van der Waals surface area contributed by atoms with Crippen molar-refractivity contribution in [2.24, 2.45) is 0 Å². The molecule has 0 spiro atoms. The van der Waals surface area contributed by atoms with E-state index in [2.05, 4.69) is 79.0 Å². The molecule has 0 aliphatic heterocycles. The van der Waals surface area contributed by atoms with Crippen molar-refractivity contribution in [2.45, 2.75) is 26.2 Å². The first-order valence-electron chi connectivity index (χ1n) is 9.36. The van der Waals surface area contributed by atoms with Crippen molar-refractivity contribution in [1.29, 1.82) is 0 Å². The van der Waals surface area contributed by atoms with Crippen molar-refractivity contribution in [3.63, 3.8) is 0 Å². The Labute approximate surface area is 156 Å². The molecule has 0 aliphatic carbocycles. The third-order valence-electron chi connectivity index (χ3n) is 4.54. The standard InChI is InChI=1S/C24H27NO/c1-20-9-5-6-13-22(20)16-17-25-23-14-7-15-24(19-23)26-18-8-12-21-10-3-2-4-11-21/h2-7,9-11,13-15,19,25H,8,12,16-18H2,1H3. The van der Waals surface area contributed by atoms with Crippen molar-refractivity contribution in [1.82, 2.24) is 0 Å². The van der Waals surface area contributed by atoms with Crippen LogP contribution in [0.2, 0.25) is 0 Å². The summed E-state index contributed by atoms with van der Waals surface area (Å²) in [5, 5.41) is 3.50. The van der Waals surface area contributed by atoms with E-state index in [1.807, 2.05) is 12.1 Å². The minimum atomic E-state index is 0.738. The molecule has 0 saturated heterocycles. The molecule has 3 rings (SSSR count). The Bertz CT molecular complexity index is 798. The third kappa shape index (κ3) is 5.66. The Hall–Kier alpha value is -2.74. The van der Waals surface area contributed by atoms with Gasteiger partial charge < -0.3 is 10.1 Å². The molecular weight excluding hydrogens is 318 g/mol. The quantitative estimate of drug-likeness (QED) is 0.505. The van der Waals surface area contributed by atoms with Gasteiger partial charge in [0.25, 0.3) is 0 Å². The molecule has 0 amide bonds. The highest BCUT2D eigenvalue weighted by atomic mass is 16.5. The molecule has 0 unspecified atom stereocenters. The van der Waals surface area contributed by atoms with Gasteiger partial charge in [0.05, 0.1) is 6.61 Å². The molecule has 2 heteroatoms. The smallest absolute Gasteiger partial charge is 0.121 e. The molecule has 0 radical (unpaired) electrons. The number of aryl methyl sites for hydroxylation is 2. The van der Waals surface area contributed by atoms with E-state index in [1.54, 1.807) is 0 Å². The van der Waals surface area contributed by atoms with Crippen molar-refractivity contribution in [3.8, 4) is 5.75 Å². The minimum Gasteiger partial charge on any atom is -0.494 e. The van der Waals surface area contributed by atoms with Crippen molar-refractivity contribution in [3.05, 3.63) is 95.6 Å². The molecule has 2 nitrogen and oxygen atoms in total. The monoisotopic (exact) mass is 345 g/mol. The minimum absolute atomic E-state index is 0.738. The van der Waals surface area contributed by atoms with Crippen LogP contribution >= 0.6 is 0 Å². The van der Waals surface area contributed by atoms with Crippen LogP contribution in [0.3, 0.4) is 0 Å². The second-order valence-corrected chi connectivity index (χ2v) is 6.57. The molecular formula is C24H27NO. The van der Waals surface area contributed by atoms with Crippen LogP contribution in [0.5, 0.6) is 5.75 Å². The molecule has 0 fully saturated rings. The number of nitrogens with one attached hydrogen (secondary N) is 1. The van der Waals surface area contributed by atoms with E-state index in [4.69, 9.17) is 4.74 Å². The number of ether oxygens (including phenoxy) is 1. The average Bonchev–Trinajstić information content (AvgIpc) is 2.68. The summed E-state index contributed by atoms with van der Waals surface area (Å²) < 4.78 is 5.91. The first-order chi connectivity index (χ1) is 12.8. The van der Waals surface area contributed by atoms with E-state index >= 15 is 0 Å². The van der Waals surface area contributed by atoms with E-state index in [0.717, 1.165) is 43.9 Å². The van der Waals surface area contributed by atoms with Crippen LogP contribution in [0.1, 0.15) is 23.1 Å². The Kier molecular flexibility index (Phi) is 6.72. The topological polar surface area (TPSA) is 21.3 Å². The van der Waals surface area contributed by atoms with Gasteiger partial charge in [0, 0.05) is 18.3 Å². The van der Waals surface area contributed by atoms with Gasteiger partial charge in [-0.3, -0.25) is 0 Å². The maximum atomic E-state index is 5.91. The molecule has 0 atom stereocenters. The zero-order valence-electron chi connectivity index (χ0n) is 15.4. The van der Waals surface area contributed by atoms with E-state index in [1.165, 1.54) is 16.7 Å². The third-order valence-corrected chi connectivity index (χ3v) is 4.54. The second-order valence-electron chi connectivity index (χ2n) is 6.57. The molecule has 3 aromatic rings. The maximum Gasteiger partial charge on any atom is 0.121 e.